The number of hydrogen-bond acceptors (Lipinski definition) is 5. The minimum Gasteiger partial charge on any atom is -0.485 e. The number of methoxy groups -OCH3 is 1. The van der Waals surface area contributed by atoms with Crippen LogP contribution in [0.25, 0.3) is 0 Å². The zero-order valence-electron chi connectivity index (χ0n) is 11.0. The molecule has 0 saturated heterocycles. The molecule has 1 aliphatic heterocycles. The van der Waals surface area contributed by atoms with Gasteiger partial charge in [-0.15, -0.1) is 0 Å². The average Bonchev–Trinajstić information content (AvgIpc) is 2.85. The fourth-order valence-electron chi connectivity index (χ4n) is 2.12. The van der Waals surface area contributed by atoms with Crippen LogP contribution < -0.4 is 9.47 Å². The standard InChI is InChI=1S/C13H15N3O3S/c1-17-7-6-16-12(14-15-13(16)20)11-8-18-9-4-2-3-5-10(9)19-11/h2-5,11H,6-8H2,1H3,(H,15,20). The van der Waals surface area contributed by atoms with E-state index in [1.165, 1.54) is 0 Å². The van der Waals surface area contributed by atoms with E-state index in [2.05, 4.69) is 10.2 Å². The highest BCUT2D eigenvalue weighted by molar-refractivity contribution is 7.71. The Balaban J connectivity index is 1.86. The Labute approximate surface area is 121 Å². The van der Waals surface area contributed by atoms with Gasteiger partial charge in [0.1, 0.15) is 6.61 Å². The normalized spacial score (nSPS) is 17.1. The summed E-state index contributed by atoms with van der Waals surface area (Å²) in [4.78, 5) is 0. The summed E-state index contributed by atoms with van der Waals surface area (Å²) in [5.74, 6) is 2.19. The van der Waals surface area contributed by atoms with Gasteiger partial charge in [0, 0.05) is 7.11 Å². The Morgan fingerprint density at radius 1 is 1.45 bits per heavy atom. The highest BCUT2D eigenvalue weighted by atomic mass is 32.1. The zero-order valence-corrected chi connectivity index (χ0v) is 11.9. The van der Waals surface area contributed by atoms with E-state index in [0.717, 1.165) is 17.3 Å². The van der Waals surface area contributed by atoms with Crippen LogP contribution in [0.4, 0.5) is 0 Å². The summed E-state index contributed by atoms with van der Waals surface area (Å²) in [6, 6.07) is 7.58. The van der Waals surface area contributed by atoms with Gasteiger partial charge in [-0.25, -0.2) is 0 Å². The molecule has 1 aromatic carbocycles. The number of hydrogen-bond donors (Lipinski definition) is 1. The lowest BCUT2D eigenvalue weighted by molar-refractivity contribution is 0.0804. The number of nitrogens with one attached hydrogen (secondary N) is 1. The molecule has 1 N–H and O–H groups in total. The van der Waals surface area contributed by atoms with E-state index < -0.39 is 0 Å². The molecule has 7 heteroatoms. The van der Waals surface area contributed by atoms with Crippen molar-refractivity contribution in [2.45, 2.75) is 12.6 Å². The number of H-pyrrole nitrogens is 1. The predicted octanol–water partition coefficient (Wildman–Crippen LogP) is 2.10. The van der Waals surface area contributed by atoms with Gasteiger partial charge in [-0.05, 0) is 24.4 Å². The van der Waals surface area contributed by atoms with Gasteiger partial charge in [0.25, 0.3) is 0 Å². The van der Waals surface area contributed by atoms with E-state index in [0.29, 0.717) is 24.5 Å². The van der Waals surface area contributed by atoms with Crippen LogP contribution in [0, 0.1) is 4.77 Å². The first-order valence-corrected chi connectivity index (χ1v) is 6.73. The topological polar surface area (TPSA) is 61.3 Å². The molecule has 0 spiro atoms. The average molecular weight is 293 g/mol. The van der Waals surface area contributed by atoms with Crippen molar-refractivity contribution < 1.29 is 14.2 Å². The van der Waals surface area contributed by atoms with Gasteiger partial charge < -0.3 is 14.2 Å². The fourth-order valence-corrected chi connectivity index (χ4v) is 2.35. The Hall–Kier alpha value is -1.86. The van der Waals surface area contributed by atoms with E-state index in [4.69, 9.17) is 26.4 Å². The lowest BCUT2D eigenvalue weighted by Gasteiger charge is -2.26. The Bertz CT molecular complexity index is 652. The fraction of sp³-hybridized carbons (Fsp3) is 0.385. The molecule has 2 aromatic rings. The third-order valence-electron chi connectivity index (χ3n) is 3.10. The second-order valence-electron chi connectivity index (χ2n) is 4.40. The van der Waals surface area contributed by atoms with E-state index in [1.54, 1.807) is 7.11 Å². The molecule has 1 unspecified atom stereocenters. The van der Waals surface area contributed by atoms with Gasteiger partial charge in [-0.1, -0.05) is 12.1 Å². The summed E-state index contributed by atoms with van der Waals surface area (Å²) in [5.41, 5.74) is 0. The molecule has 3 rings (SSSR count). The summed E-state index contributed by atoms with van der Waals surface area (Å²) in [7, 11) is 1.65. The molecule has 1 aromatic heterocycles. The molecule has 0 amide bonds. The molecular weight excluding hydrogens is 278 g/mol. The third kappa shape index (κ3) is 2.41. The number of rotatable bonds is 4. The number of aromatic amines is 1. The molecule has 6 nitrogen and oxygen atoms in total. The van der Waals surface area contributed by atoms with Crippen LogP contribution in [0.3, 0.4) is 0 Å². The molecule has 0 radical (unpaired) electrons. The van der Waals surface area contributed by atoms with Crippen molar-refractivity contribution in [2.24, 2.45) is 0 Å². The van der Waals surface area contributed by atoms with E-state index in [1.807, 2.05) is 28.8 Å². The van der Waals surface area contributed by atoms with E-state index >= 15 is 0 Å². The summed E-state index contributed by atoms with van der Waals surface area (Å²) < 4.78 is 19.2. The molecule has 0 bridgehead atoms. The Kier molecular flexibility index (Phi) is 3.70. The number of nitrogens with zero attached hydrogens (tertiary/aromatic N) is 2. The van der Waals surface area contributed by atoms with Crippen LogP contribution in [0.15, 0.2) is 24.3 Å². The number of ether oxygens (including phenoxy) is 3. The van der Waals surface area contributed by atoms with Gasteiger partial charge in [0.05, 0.1) is 13.2 Å². The maximum Gasteiger partial charge on any atom is 0.195 e. The molecule has 106 valence electrons. The molecule has 0 saturated carbocycles. The SMILES string of the molecule is COCCn1c(C2COc3ccccc3O2)n[nH]c1=S. The molecule has 1 aliphatic rings. The maximum absolute atomic E-state index is 5.94. The quantitative estimate of drug-likeness (QED) is 0.875. The van der Waals surface area contributed by atoms with Gasteiger partial charge in [-0.2, -0.15) is 5.10 Å². The van der Waals surface area contributed by atoms with Crippen molar-refractivity contribution in [3.63, 3.8) is 0 Å². The van der Waals surface area contributed by atoms with E-state index in [9.17, 15) is 0 Å². The minimum absolute atomic E-state index is 0.283. The van der Waals surface area contributed by atoms with Crippen molar-refractivity contribution in [1.29, 1.82) is 0 Å². The minimum atomic E-state index is -0.283. The van der Waals surface area contributed by atoms with Crippen molar-refractivity contribution in [3.8, 4) is 11.5 Å². The van der Waals surface area contributed by atoms with Crippen LogP contribution >= 0.6 is 12.2 Å². The smallest absolute Gasteiger partial charge is 0.195 e. The van der Waals surface area contributed by atoms with Crippen LogP contribution in [-0.2, 0) is 11.3 Å². The second-order valence-corrected chi connectivity index (χ2v) is 4.78. The van der Waals surface area contributed by atoms with Crippen molar-refractivity contribution in [1.82, 2.24) is 14.8 Å². The molecule has 1 atom stereocenters. The van der Waals surface area contributed by atoms with Crippen molar-refractivity contribution in [3.05, 3.63) is 34.9 Å². The number of fused-ring (bicyclic) bond motifs is 1. The first-order chi connectivity index (χ1) is 9.79. The molecule has 20 heavy (non-hydrogen) atoms. The zero-order chi connectivity index (χ0) is 13.9. The van der Waals surface area contributed by atoms with Crippen molar-refractivity contribution >= 4 is 12.2 Å². The van der Waals surface area contributed by atoms with Crippen LogP contribution in [0.1, 0.15) is 11.9 Å². The largest absolute Gasteiger partial charge is 0.485 e. The van der Waals surface area contributed by atoms with Gasteiger partial charge in [0.15, 0.2) is 28.2 Å². The first kappa shape index (κ1) is 13.1. The van der Waals surface area contributed by atoms with Crippen LogP contribution in [-0.4, -0.2) is 35.1 Å². The van der Waals surface area contributed by atoms with Crippen molar-refractivity contribution in [2.75, 3.05) is 20.3 Å². The van der Waals surface area contributed by atoms with Crippen LogP contribution in [0.2, 0.25) is 0 Å². The molecule has 0 fully saturated rings. The van der Waals surface area contributed by atoms with E-state index in [-0.39, 0.29) is 6.10 Å². The molecule has 2 heterocycles. The Morgan fingerprint density at radius 3 is 3.05 bits per heavy atom. The van der Waals surface area contributed by atoms with Gasteiger partial charge >= 0.3 is 0 Å². The summed E-state index contributed by atoms with van der Waals surface area (Å²) in [6.45, 7) is 1.59. The lowest BCUT2D eigenvalue weighted by atomic mass is 10.2. The first-order valence-electron chi connectivity index (χ1n) is 6.32. The summed E-state index contributed by atoms with van der Waals surface area (Å²) in [6.07, 6.45) is -0.283. The summed E-state index contributed by atoms with van der Waals surface area (Å²) >= 11 is 5.23. The third-order valence-corrected chi connectivity index (χ3v) is 3.42. The number of para-hydroxylation sites is 2. The van der Waals surface area contributed by atoms with Gasteiger partial charge in [0.2, 0.25) is 0 Å². The molecule has 0 aliphatic carbocycles. The highest BCUT2D eigenvalue weighted by Crippen LogP contribution is 2.35. The van der Waals surface area contributed by atoms with Gasteiger partial charge in [-0.3, -0.25) is 9.67 Å². The lowest BCUT2D eigenvalue weighted by Crippen LogP contribution is -2.25. The second kappa shape index (κ2) is 5.64. The highest BCUT2D eigenvalue weighted by Gasteiger charge is 2.26. The monoisotopic (exact) mass is 293 g/mol. The Morgan fingerprint density at radius 2 is 2.25 bits per heavy atom. The molecular formula is C13H15N3O3S. The maximum atomic E-state index is 5.94. The number of benzene rings is 1. The predicted molar refractivity (Wildman–Crippen MR) is 74.6 cm³/mol. The van der Waals surface area contributed by atoms with Crippen LogP contribution in [0.5, 0.6) is 11.5 Å². The number of aromatic nitrogens is 3. The summed E-state index contributed by atoms with van der Waals surface area (Å²) in [5, 5.41) is 7.04.